The zero-order valence-electron chi connectivity index (χ0n) is 32.7. The van der Waals surface area contributed by atoms with Crippen molar-refractivity contribution in [3.63, 3.8) is 0 Å². The van der Waals surface area contributed by atoms with E-state index in [0.717, 1.165) is 28.1 Å². The van der Waals surface area contributed by atoms with Gasteiger partial charge in [-0.15, -0.1) is 28.3 Å². The zero-order valence-corrected chi connectivity index (χ0v) is 32.7. The number of benzene rings is 4. The van der Waals surface area contributed by atoms with Gasteiger partial charge in [0.15, 0.2) is 5.76 Å². The molecule has 1 unspecified atom stereocenters. The number of rotatable bonds is 5. The van der Waals surface area contributed by atoms with Crippen molar-refractivity contribution in [1.29, 1.82) is 0 Å². The van der Waals surface area contributed by atoms with Crippen LogP contribution in [0.15, 0.2) is 76.3 Å². The molecule has 0 fully saturated rings. The van der Waals surface area contributed by atoms with E-state index < -0.39 is 0 Å². The second kappa shape index (κ2) is 13.1. The molecule has 5 nitrogen and oxygen atoms in total. The van der Waals surface area contributed by atoms with Crippen molar-refractivity contribution in [2.24, 2.45) is 5.92 Å². The van der Waals surface area contributed by atoms with Crippen LogP contribution in [0.25, 0.3) is 33.3 Å². The number of phenols is 2. The van der Waals surface area contributed by atoms with Crippen LogP contribution in [0.5, 0.6) is 11.5 Å². The molecule has 0 aliphatic heterocycles. The van der Waals surface area contributed by atoms with Gasteiger partial charge < -0.3 is 15.3 Å². The Hall–Kier alpha value is -5.08. The molecule has 2 aliphatic carbocycles. The number of aryl methyl sites for hydroxylation is 1. The van der Waals surface area contributed by atoms with Crippen LogP contribution in [-0.4, -0.2) is 103 Å². The fourth-order valence-corrected chi connectivity index (χ4v) is 9.14. The van der Waals surface area contributed by atoms with E-state index >= 15 is 0 Å². The van der Waals surface area contributed by atoms with Gasteiger partial charge in [-0.25, -0.2) is 4.98 Å². The van der Waals surface area contributed by atoms with Crippen molar-refractivity contribution in [1.82, 2.24) is 9.55 Å². The number of nitrogens with zero attached hydrogens (tertiary/aromatic N) is 2. The first-order valence-corrected chi connectivity index (χ1v) is 18.3. The lowest BCUT2D eigenvalue weighted by Gasteiger charge is -2.33. The van der Waals surface area contributed by atoms with Gasteiger partial charge in [0.1, 0.15) is 95.8 Å². The van der Waals surface area contributed by atoms with Crippen LogP contribution in [0.3, 0.4) is 0 Å². The molecule has 0 bridgehead atoms. The minimum absolute atomic E-state index is 0.000118. The van der Waals surface area contributed by atoms with Crippen molar-refractivity contribution in [3.8, 4) is 29.5 Å². The van der Waals surface area contributed by atoms with Gasteiger partial charge in [0.2, 0.25) is 0 Å². The van der Waals surface area contributed by atoms with E-state index in [1.807, 2.05) is 13.9 Å². The van der Waals surface area contributed by atoms with E-state index in [0.29, 0.717) is 33.9 Å². The van der Waals surface area contributed by atoms with E-state index in [2.05, 4.69) is 115 Å². The number of aromatic nitrogens is 2. The molecule has 0 spiro atoms. The fraction of sp³-hybridized carbons (Fsp3) is 0.0789. The highest BCUT2D eigenvalue weighted by molar-refractivity contribution is 6.62. The second-order valence-electron chi connectivity index (χ2n) is 15.1. The van der Waals surface area contributed by atoms with Crippen molar-refractivity contribution >= 4 is 139 Å². The Morgan fingerprint density at radius 1 is 0.792 bits per heavy atom. The molecule has 7 rings (SSSR count). The highest BCUT2D eigenvalue weighted by Gasteiger charge is 2.37. The Kier molecular flexibility index (Phi) is 8.97. The molecule has 0 saturated heterocycles. The smallest absolute Gasteiger partial charge is 0.160 e. The molecule has 1 heterocycles. The van der Waals surface area contributed by atoms with Gasteiger partial charge in [0.05, 0.1) is 11.0 Å². The first-order chi connectivity index (χ1) is 25.1. The number of aliphatic hydroxyl groups is 1. The van der Waals surface area contributed by atoms with Crippen molar-refractivity contribution in [3.05, 3.63) is 109 Å². The van der Waals surface area contributed by atoms with Crippen LogP contribution in [0.4, 0.5) is 0 Å². The number of hydrogen-bond acceptors (Lipinski definition) is 4. The molecular formula is C38H38B10N2O3. The molecule has 53 heavy (non-hydrogen) atoms. The quantitative estimate of drug-likeness (QED) is 0.0982. The minimum Gasteiger partial charge on any atom is -0.509 e. The summed E-state index contributed by atoms with van der Waals surface area (Å²) in [6, 6.07) is 17.2. The monoisotopic (exact) mass is 680 g/mol. The SMILES string of the molecule is BC1=C(B)C2C(=C1B)C(c1ccc(-n3c(C)nc4ccccc43)cc1)=c1c(B)c(B)c(B)c(B)c1=C2Cc1c(O)c(B)c(O)c(B)c1/C(B)=C(/O)C#C. The van der Waals surface area contributed by atoms with Gasteiger partial charge >= 0.3 is 0 Å². The number of imidazole rings is 1. The topological polar surface area (TPSA) is 78.5 Å². The molecule has 4 aromatic carbocycles. The minimum atomic E-state index is -0.216. The third-order valence-corrected chi connectivity index (χ3v) is 12.6. The van der Waals surface area contributed by atoms with Gasteiger partial charge in [0.25, 0.3) is 0 Å². The number of phenolic OH excluding ortho intramolecular Hbond substituents is 2. The number of aliphatic hydroxyl groups excluding tert-OH is 1. The number of hydrogen-bond donors (Lipinski definition) is 3. The van der Waals surface area contributed by atoms with Gasteiger partial charge in [-0.05, 0) is 98.2 Å². The lowest BCUT2D eigenvalue weighted by atomic mass is 9.60. The van der Waals surface area contributed by atoms with Crippen molar-refractivity contribution < 1.29 is 15.3 Å². The molecular weight excluding hydrogens is 641 g/mol. The molecule has 15 heteroatoms. The Bertz CT molecular complexity index is 2760. The number of aromatic hydroxyl groups is 2. The normalized spacial score (nSPS) is 15.8. The van der Waals surface area contributed by atoms with E-state index in [1.54, 1.807) is 15.7 Å². The maximum absolute atomic E-state index is 11.9. The lowest BCUT2D eigenvalue weighted by Crippen LogP contribution is -2.66. The molecule has 1 atom stereocenters. The highest BCUT2D eigenvalue weighted by Crippen LogP contribution is 2.46. The van der Waals surface area contributed by atoms with Gasteiger partial charge in [0, 0.05) is 17.2 Å². The number of terminal acetylenes is 1. The second-order valence-corrected chi connectivity index (χ2v) is 15.1. The van der Waals surface area contributed by atoms with Crippen molar-refractivity contribution in [2.45, 2.75) is 13.3 Å². The van der Waals surface area contributed by atoms with Crippen LogP contribution in [0.2, 0.25) is 0 Å². The van der Waals surface area contributed by atoms with Crippen LogP contribution >= 0.6 is 0 Å². The molecule has 3 N–H and O–H groups in total. The molecule has 0 saturated carbocycles. The largest absolute Gasteiger partial charge is 0.509 e. The van der Waals surface area contributed by atoms with Crippen LogP contribution in [0, 0.1) is 25.2 Å². The summed E-state index contributed by atoms with van der Waals surface area (Å²) in [5.74, 6) is 3.08. The van der Waals surface area contributed by atoms with Gasteiger partial charge in [-0.2, -0.15) is 0 Å². The summed E-state index contributed by atoms with van der Waals surface area (Å²) in [5, 5.41) is 36.2. The highest BCUT2D eigenvalue weighted by atomic mass is 16.3. The van der Waals surface area contributed by atoms with Gasteiger partial charge in [-0.1, -0.05) is 40.7 Å². The Morgan fingerprint density at radius 3 is 2.06 bits per heavy atom. The summed E-state index contributed by atoms with van der Waals surface area (Å²) in [4.78, 5) is 4.82. The summed E-state index contributed by atoms with van der Waals surface area (Å²) < 4.78 is 2.21. The molecule has 1 aromatic heterocycles. The predicted octanol–water partition coefficient (Wildman–Crippen LogP) is -8.61. The summed E-state index contributed by atoms with van der Waals surface area (Å²) in [6.45, 7) is 2.05. The van der Waals surface area contributed by atoms with Gasteiger partial charge in [-0.3, -0.25) is 4.57 Å². The first kappa shape index (κ1) is 36.3. The van der Waals surface area contributed by atoms with E-state index in [1.165, 1.54) is 65.4 Å². The number of para-hydroxylation sites is 2. The fourth-order valence-electron chi connectivity index (χ4n) is 9.14. The third kappa shape index (κ3) is 5.28. The van der Waals surface area contributed by atoms with Crippen LogP contribution in [-0.2, 0) is 6.42 Å². The summed E-state index contributed by atoms with van der Waals surface area (Å²) in [6.07, 6.45) is 6.08. The Labute approximate surface area is 320 Å². The van der Waals surface area contributed by atoms with E-state index in [9.17, 15) is 15.3 Å². The molecule has 5 aromatic rings. The predicted molar refractivity (Wildman–Crippen MR) is 250 cm³/mol. The summed E-state index contributed by atoms with van der Waals surface area (Å²) in [5.41, 5.74) is 19.5. The van der Waals surface area contributed by atoms with Crippen molar-refractivity contribution in [2.75, 3.05) is 0 Å². The molecule has 0 radical (unpaired) electrons. The maximum Gasteiger partial charge on any atom is 0.160 e. The summed E-state index contributed by atoms with van der Waals surface area (Å²) >= 11 is 0. The molecule has 0 amide bonds. The van der Waals surface area contributed by atoms with Crippen LogP contribution < -0.4 is 43.2 Å². The third-order valence-electron chi connectivity index (χ3n) is 12.6. The maximum atomic E-state index is 11.9. The Balaban J connectivity index is 1.60. The van der Waals surface area contributed by atoms with E-state index in [4.69, 9.17) is 11.4 Å². The standard InChI is InChI=1S/C38H38B10N2O3/c1-3-20(51)27(39)24-17(37(52)36(48)38(53)32(24)44)12-16-22-25(30(42)33(45)28(22)40)21(26-23(16)29(41)34(46)35(47)31(26)43)14-8-10-15(11-9-14)50-13(2)49-18-6-4-5-7-19(18)50/h1,4-11,22,51-53H,12,39-48H2,2H3/b27-20-. The Morgan fingerprint density at radius 2 is 1.42 bits per heavy atom. The average molecular weight is 679 g/mol. The lowest BCUT2D eigenvalue weighted by molar-refractivity contribution is 0.442. The summed E-state index contributed by atoms with van der Waals surface area (Å²) in [7, 11) is 20.9. The average Bonchev–Trinajstić information content (AvgIpc) is 3.61. The molecule has 248 valence electrons. The van der Waals surface area contributed by atoms with E-state index in [-0.39, 0.29) is 23.2 Å². The van der Waals surface area contributed by atoms with Crippen LogP contribution in [0.1, 0.15) is 22.5 Å². The number of allylic oxidation sites excluding steroid dienone is 5. The number of fused-ring (bicyclic) bond motifs is 3. The first-order valence-electron chi connectivity index (χ1n) is 18.3. The zero-order chi connectivity index (χ0) is 38.4. The molecule has 2 aliphatic rings.